The molecule has 0 amide bonds. The summed E-state index contributed by atoms with van der Waals surface area (Å²) in [6.45, 7) is 5.47. The zero-order chi connectivity index (χ0) is 11.1. The summed E-state index contributed by atoms with van der Waals surface area (Å²) < 4.78 is 2.40. The summed E-state index contributed by atoms with van der Waals surface area (Å²) in [5, 5.41) is 0. The molecule has 0 radical (unpaired) electrons. The number of aromatic nitrogens is 2. The van der Waals surface area contributed by atoms with Crippen molar-refractivity contribution in [3.63, 3.8) is 0 Å². The number of hydrogen-bond acceptors (Lipinski definition) is 2. The molecule has 1 aromatic carbocycles. The monoisotopic (exact) mass is 232 g/mol. The van der Waals surface area contributed by atoms with Gasteiger partial charge in [-0.25, -0.2) is 4.98 Å². The molecule has 1 aromatic heterocycles. The van der Waals surface area contributed by atoms with Crippen LogP contribution in [0.15, 0.2) is 12.1 Å². The average molecular weight is 232 g/mol. The number of aryl methyl sites for hydroxylation is 3. The standard InChI is InChI=1S/C13H16N2S/c1-9-6-11-12(7-10(9)2)15-4-3-5-16-8-13(15)14-11/h6-7H,3-5,8H2,1-2H3. The van der Waals surface area contributed by atoms with E-state index in [1.165, 1.54) is 40.2 Å². The van der Waals surface area contributed by atoms with E-state index in [0.29, 0.717) is 0 Å². The van der Waals surface area contributed by atoms with E-state index in [4.69, 9.17) is 4.98 Å². The van der Waals surface area contributed by atoms with Crippen LogP contribution in [0.1, 0.15) is 23.4 Å². The molecule has 0 bridgehead atoms. The maximum absolute atomic E-state index is 4.76. The molecule has 84 valence electrons. The molecule has 0 N–H and O–H groups in total. The van der Waals surface area contributed by atoms with E-state index in [2.05, 4.69) is 30.5 Å². The molecule has 0 atom stereocenters. The van der Waals surface area contributed by atoms with Crippen LogP contribution in [0.25, 0.3) is 11.0 Å². The third-order valence-electron chi connectivity index (χ3n) is 3.34. The highest BCUT2D eigenvalue weighted by atomic mass is 32.2. The lowest BCUT2D eigenvalue weighted by Crippen LogP contribution is -2.00. The predicted molar refractivity (Wildman–Crippen MR) is 70.0 cm³/mol. The highest BCUT2D eigenvalue weighted by Crippen LogP contribution is 2.26. The third-order valence-corrected chi connectivity index (χ3v) is 4.38. The summed E-state index contributed by atoms with van der Waals surface area (Å²) in [6, 6.07) is 4.51. The molecule has 2 heterocycles. The Morgan fingerprint density at radius 3 is 2.94 bits per heavy atom. The van der Waals surface area contributed by atoms with Gasteiger partial charge in [0.15, 0.2) is 0 Å². The van der Waals surface area contributed by atoms with Gasteiger partial charge < -0.3 is 4.57 Å². The number of nitrogens with zero attached hydrogens (tertiary/aromatic N) is 2. The highest BCUT2D eigenvalue weighted by molar-refractivity contribution is 7.98. The number of benzene rings is 1. The molecule has 2 aromatic rings. The Hall–Kier alpha value is -0.960. The fraction of sp³-hybridized carbons (Fsp3) is 0.462. The molecule has 1 aliphatic heterocycles. The lowest BCUT2D eigenvalue weighted by molar-refractivity contribution is 0.687. The minimum atomic E-state index is 1.06. The fourth-order valence-corrected chi connectivity index (χ4v) is 3.16. The van der Waals surface area contributed by atoms with E-state index < -0.39 is 0 Å². The molecule has 0 saturated carbocycles. The summed E-state index contributed by atoms with van der Waals surface area (Å²) in [4.78, 5) is 4.76. The van der Waals surface area contributed by atoms with Gasteiger partial charge in [0.05, 0.1) is 16.8 Å². The average Bonchev–Trinajstić information content (AvgIpc) is 2.47. The van der Waals surface area contributed by atoms with E-state index in [0.717, 1.165) is 12.3 Å². The Labute approximate surface area is 100 Å². The lowest BCUT2D eigenvalue weighted by Gasteiger charge is -2.05. The molecule has 0 unspecified atom stereocenters. The first-order valence-electron chi connectivity index (χ1n) is 5.80. The number of thioether (sulfide) groups is 1. The number of fused-ring (bicyclic) bond motifs is 3. The maximum atomic E-state index is 4.76. The van der Waals surface area contributed by atoms with Gasteiger partial charge in [-0.2, -0.15) is 11.8 Å². The molecular formula is C13H16N2S. The van der Waals surface area contributed by atoms with Crippen LogP contribution in [0.2, 0.25) is 0 Å². The molecule has 3 heteroatoms. The van der Waals surface area contributed by atoms with Crippen LogP contribution in [0.5, 0.6) is 0 Å². The van der Waals surface area contributed by atoms with Crippen molar-refractivity contribution in [1.82, 2.24) is 9.55 Å². The van der Waals surface area contributed by atoms with Crippen molar-refractivity contribution < 1.29 is 0 Å². The highest BCUT2D eigenvalue weighted by Gasteiger charge is 2.14. The second-order valence-electron chi connectivity index (χ2n) is 4.51. The van der Waals surface area contributed by atoms with Gasteiger partial charge in [-0.1, -0.05) is 0 Å². The first kappa shape index (κ1) is 10.2. The second-order valence-corrected chi connectivity index (χ2v) is 5.62. The van der Waals surface area contributed by atoms with Crippen LogP contribution >= 0.6 is 11.8 Å². The minimum Gasteiger partial charge on any atom is -0.327 e. The second kappa shape index (κ2) is 3.81. The number of hydrogen-bond donors (Lipinski definition) is 0. The minimum absolute atomic E-state index is 1.06. The molecule has 16 heavy (non-hydrogen) atoms. The smallest absolute Gasteiger partial charge is 0.119 e. The van der Waals surface area contributed by atoms with Crippen LogP contribution in [-0.4, -0.2) is 15.3 Å². The normalized spacial score (nSPS) is 16.1. The Kier molecular flexibility index (Phi) is 2.43. The van der Waals surface area contributed by atoms with Gasteiger partial charge in [0.1, 0.15) is 5.82 Å². The Balaban J connectivity index is 2.26. The van der Waals surface area contributed by atoms with Crippen LogP contribution in [0.4, 0.5) is 0 Å². The van der Waals surface area contributed by atoms with Crippen molar-refractivity contribution in [2.75, 3.05) is 5.75 Å². The molecule has 1 aliphatic rings. The zero-order valence-electron chi connectivity index (χ0n) is 9.79. The first-order valence-corrected chi connectivity index (χ1v) is 6.95. The van der Waals surface area contributed by atoms with Gasteiger partial charge in [-0.05, 0) is 49.3 Å². The van der Waals surface area contributed by atoms with Crippen molar-refractivity contribution in [2.24, 2.45) is 0 Å². The molecule has 3 rings (SSSR count). The van der Waals surface area contributed by atoms with Crippen molar-refractivity contribution in [2.45, 2.75) is 32.6 Å². The molecule has 0 spiro atoms. The Morgan fingerprint density at radius 2 is 2.06 bits per heavy atom. The molecule has 2 nitrogen and oxygen atoms in total. The van der Waals surface area contributed by atoms with E-state index >= 15 is 0 Å². The van der Waals surface area contributed by atoms with Gasteiger partial charge >= 0.3 is 0 Å². The van der Waals surface area contributed by atoms with Crippen molar-refractivity contribution >= 4 is 22.8 Å². The van der Waals surface area contributed by atoms with Crippen LogP contribution in [0, 0.1) is 13.8 Å². The third kappa shape index (κ3) is 1.54. The maximum Gasteiger partial charge on any atom is 0.119 e. The van der Waals surface area contributed by atoms with Crippen molar-refractivity contribution in [3.8, 4) is 0 Å². The van der Waals surface area contributed by atoms with Gasteiger partial charge in [-0.3, -0.25) is 0 Å². The van der Waals surface area contributed by atoms with Gasteiger partial charge in [0.25, 0.3) is 0 Å². The number of imidazole rings is 1. The molecule has 0 saturated heterocycles. The van der Waals surface area contributed by atoms with Crippen molar-refractivity contribution in [1.29, 1.82) is 0 Å². The van der Waals surface area contributed by atoms with E-state index in [-0.39, 0.29) is 0 Å². The van der Waals surface area contributed by atoms with Crippen LogP contribution in [0.3, 0.4) is 0 Å². The topological polar surface area (TPSA) is 17.8 Å². The van der Waals surface area contributed by atoms with Crippen LogP contribution < -0.4 is 0 Å². The summed E-state index contributed by atoms with van der Waals surface area (Å²) in [5.41, 5.74) is 5.20. The van der Waals surface area contributed by atoms with Crippen LogP contribution in [-0.2, 0) is 12.3 Å². The van der Waals surface area contributed by atoms with Gasteiger partial charge in [0, 0.05) is 6.54 Å². The molecule has 0 fully saturated rings. The van der Waals surface area contributed by atoms with E-state index in [1.807, 2.05) is 11.8 Å². The summed E-state index contributed by atoms with van der Waals surface area (Å²) in [7, 11) is 0. The number of rotatable bonds is 0. The zero-order valence-corrected chi connectivity index (χ0v) is 10.6. The largest absolute Gasteiger partial charge is 0.327 e. The Bertz CT molecular complexity index is 542. The quantitative estimate of drug-likeness (QED) is 0.693. The summed E-state index contributed by atoms with van der Waals surface area (Å²) in [6.07, 6.45) is 1.26. The first-order chi connectivity index (χ1) is 7.75. The SMILES string of the molecule is Cc1cc2nc3n(c2cc1C)CCCSC3. The molecule has 0 aliphatic carbocycles. The van der Waals surface area contributed by atoms with E-state index in [1.54, 1.807) is 0 Å². The summed E-state index contributed by atoms with van der Waals surface area (Å²) >= 11 is 2.00. The van der Waals surface area contributed by atoms with E-state index in [9.17, 15) is 0 Å². The Morgan fingerprint density at radius 1 is 1.25 bits per heavy atom. The lowest BCUT2D eigenvalue weighted by atomic mass is 10.1. The predicted octanol–water partition coefficient (Wildman–Crippen LogP) is 3.29. The molecular weight excluding hydrogens is 216 g/mol. The fourth-order valence-electron chi connectivity index (χ4n) is 2.28. The summed E-state index contributed by atoms with van der Waals surface area (Å²) in [5.74, 6) is 3.57. The van der Waals surface area contributed by atoms with Crippen molar-refractivity contribution in [3.05, 3.63) is 29.1 Å². The van der Waals surface area contributed by atoms with Gasteiger partial charge in [0.2, 0.25) is 0 Å². The van der Waals surface area contributed by atoms with Gasteiger partial charge in [-0.15, -0.1) is 0 Å².